The summed E-state index contributed by atoms with van der Waals surface area (Å²) in [6.07, 6.45) is 0.812. The van der Waals surface area contributed by atoms with Crippen LogP contribution in [-0.2, 0) is 10.0 Å². The van der Waals surface area contributed by atoms with Gasteiger partial charge in [0.15, 0.2) is 0 Å². The molecular weight excluding hydrogens is 244 g/mol. The lowest BCUT2D eigenvalue weighted by atomic mass is 10.1. The topological polar surface area (TPSA) is 72.2 Å². The Labute approximate surface area is 101 Å². The molecule has 6 heteroatoms. The van der Waals surface area contributed by atoms with Crippen molar-refractivity contribution in [3.05, 3.63) is 17.5 Å². The molecule has 1 unspecified atom stereocenters. The van der Waals surface area contributed by atoms with E-state index >= 15 is 0 Å². The van der Waals surface area contributed by atoms with Crippen LogP contribution in [-0.4, -0.2) is 21.0 Å². The molecule has 0 aliphatic rings. The molecule has 0 aromatic carbocycles. The Bertz CT molecular complexity index is 398. The molecule has 3 N–H and O–H groups in total. The lowest BCUT2D eigenvalue weighted by Crippen LogP contribution is -2.37. The molecule has 0 amide bonds. The summed E-state index contributed by atoms with van der Waals surface area (Å²) in [5.74, 6) is 0.473. The van der Waals surface area contributed by atoms with Gasteiger partial charge in [-0.2, -0.15) is 0 Å². The Balaban J connectivity index is 2.49. The standard InChI is InChI=1S/C10H18N2O2S2/c1-8(2)6-9(11)7-12-16(13,14)10-4-3-5-15-10/h3-5,8-9,12H,6-7,11H2,1-2H3. The average Bonchev–Trinajstić information content (AvgIpc) is 2.67. The van der Waals surface area contributed by atoms with Gasteiger partial charge in [-0.05, 0) is 23.8 Å². The van der Waals surface area contributed by atoms with Crippen LogP contribution in [0.3, 0.4) is 0 Å². The van der Waals surface area contributed by atoms with E-state index < -0.39 is 10.0 Å². The molecular formula is C10H18N2O2S2. The van der Waals surface area contributed by atoms with Gasteiger partial charge in [0, 0.05) is 12.6 Å². The summed E-state index contributed by atoms with van der Waals surface area (Å²) >= 11 is 1.20. The highest BCUT2D eigenvalue weighted by molar-refractivity contribution is 7.91. The van der Waals surface area contributed by atoms with Gasteiger partial charge in [-0.1, -0.05) is 19.9 Å². The first-order chi connectivity index (χ1) is 7.42. The second-order valence-corrected chi connectivity index (χ2v) is 7.12. The predicted octanol–water partition coefficient (Wildman–Crippen LogP) is 1.40. The van der Waals surface area contributed by atoms with Crippen molar-refractivity contribution in [3.63, 3.8) is 0 Å². The van der Waals surface area contributed by atoms with Gasteiger partial charge in [0.25, 0.3) is 0 Å². The molecule has 0 bridgehead atoms. The molecule has 92 valence electrons. The third-order valence-electron chi connectivity index (χ3n) is 2.07. The normalized spacial score (nSPS) is 14.2. The zero-order valence-corrected chi connectivity index (χ0v) is 11.1. The summed E-state index contributed by atoms with van der Waals surface area (Å²) < 4.78 is 26.3. The van der Waals surface area contributed by atoms with Crippen LogP contribution in [0.25, 0.3) is 0 Å². The minimum Gasteiger partial charge on any atom is -0.327 e. The largest absolute Gasteiger partial charge is 0.327 e. The maximum atomic E-state index is 11.7. The highest BCUT2D eigenvalue weighted by Crippen LogP contribution is 2.15. The van der Waals surface area contributed by atoms with Crippen LogP contribution in [0.5, 0.6) is 0 Å². The van der Waals surface area contributed by atoms with E-state index in [4.69, 9.17) is 5.73 Å². The van der Waals surface area contributed by atoms with Crippen LogP contribution >= 0.6 is 11.3 Å². The van der Waals surface area contributed by atoms with E-state index in [0.717, 1.165) is 6.42 Å². The number of rotatable bonds is 6. The summed E-state index contributed by atoms with van der Waals surface area (Å²) in [6.45, 7) is 4.42. The summed E-state index contributed by atoms with van der Waals surface area (Å²) in [7, 11) is -3.36. The fourth-order valence-corrected chi connectivity index (χ4v) is 3.53. The lowest BCUT2D eigenvalue weighted by Gasteiger charge is -2.14. The Morgan fingerprint density at radius 1 is 1.50 bits per heavy atom. The smallest absolute Gasteiger partial charge is 0.250 e. The van der Waals surface area contributed by atoms with Crippen LogP contribution in [0.15, 0.2) is 21.7 Å². The summed E-state index contributed by atoms with van der Waals surface area (Å²) in [6, 6.07) is 3.17. The molecule has 0 radical (unpaired) electrons. The number of thiophene rings is 1. The Hall–Kier alpha value is -0.430. The van der Waals surface area contributed by atoms with Crippen molar-refractivity contribution in [2.75, 3.05) is 6.54 Å². The first-order valence-corrected chi connectivity index (χ1v) is 7.57. The van der Waals surface area contributed by atoms with Crippen LogP contribution in [0.1, 0.15) is 20.3 Å². The van der Waals surface area contributed by atoms with Crippen LogP contribution in [0.4, 0.5) is 0 Å². The molecule has 0 fully saturated rings. The molecule has 1 aromatic heterocycles. The maximum absolute atomic E-state index is 11.7. The van der Waals surface area contributed by atoms with Crippen molar-refractivity contribution in [1.82, 2.24) is 4.72 Å². The van der Waals surface area contributed by atoms with E-state index in [-0.39, 0.29) is 6.04 Å². The van der Waals surface area contributed by atoms with Crippen LogP contribution < -0.4 is 10.5 Å². The van der Waals surface area contributed by atoms with Crippen LogP contribution in [0.2, 0.25) is 0 Å². The SMILES string of the molecule is CC(C)CC(N)CNS(=O)(=O)c1cccs1. The molecule has 0 aliphatic heterocycles. The molecule has 0 spiro atoms. The van der Waals surface area contributed by atoms with Gasteiger partial charge in [-0.15, -0.1) is 11.3 Å². The van der Waals surface area contributed by atoms with Gasteiger partial charge in [0.2, 0.25) is 10.0 Å². The summed E-state index contributed by atoms with van der Waals surface area (Å²) in [5.41, 5.74) is 5.81. The number of hydrogen-bond donors (Lipinski definition) is 2. The third kappa shape index (κ3) is 4.21. The minimum atomic E-state index is -3.36. The second-order valence-electron chi connectivity index (χ2n) is 4.17. The first-order valence-electron chi connectivity index (χ1n) is 5.20. The van der Waals surface area contributed by atoms with Gasteiger partial charge in [0.1, 0.15) is 4.21 Å². The molecule has 0 aliphatic carbocycles. The highest BCUT2D eigenvalue weighted by atomic mass is 32.2. The zero-order chi connectivity index (χ0) is 12.2. The Morgan fingerprint density at radius 2 is 2.19 bits per heavy atom. The second kappa shape index (κ2) is 5.77. The fourth-order valence-electron chi connectivity index (χ4n) is 1.39. The van der Waals surface area contributed by atoms with Gasteiger partial charge in [-0.25, -0.2) is 13.1 Å². The molecule has 16 heavy (non-hydrogen) atoms. The Kier molecular flexibility index (Phi) is 4.91. The van der Waals surface area contributed by atoms with Crippen molar-refractivity contribution in [2.24, 2.45) is 11.7 Å². The molecule has 1 aromatic rings. The lowest BCUT2D eigenvalue weighted by molar-refractivity contribution is 0.486. The van der Waals surface area contributed by atoms with Gasteiger partial charge in [-0.3, -0.25) is 0 Å². The zero-order valence-electron chi connectivity index (χ0n) is 9.51. The fraction of sp³-hybridized carbons (Fsp3) is 0.600. The summed E-state index contributed by atoms with van der Waals surface area (Å²) in [4.78, 5) is 0. The van der Waals surface area contributed by atoms with Gasteiger partial charge >= 0.3 is 0 Å². The van der Waals surface area contributed by atoms with Crippen molar-refractivity contribution in [3.8, 4) is 0 Å². The Morgan fingerprint density at radius 3 is 2.69 bits per heavy atom. The molecule has 4 nitrogen and oxygen atoms in total. The minimum absolute atomic E-state index is 0.130. The van der Waals surface area contributed by atoms with Crippen molar-refractivity contribution in [1.29, 1.82) is 0 Å². The predicted molar refractivity (Wildman–Crippen MR) is 66.9 cm³/mol. The van der Waals surface area contributed by atoms with E-state index in [1.165, 1.54) is 11.3 Å². The monoisotopic (exact) mass is 262 g/mol. The van der Waals surface area contributed by atoms with Crippen molar-refractivity contribution < 1.29 is 8.42 Å². The van der Waals surface area contributed by atoms with Crippen molar-refractivity contribution >= 4 is 21.4 Å². The van der Waals surface area contributed by atoms with Gasteiger partial charge < -0.3 is 5.73 Å². The van der Waals surface area contributed by atoms with E-state index in [2.05, 4.69) is 18.6 Å². The number of sulfonamides is 1. The number of nitrogens with two attached hydrogens (primary N) is 1. The highest BCUT2D eigenvalue weighted by Gasteiger charge is 2.16. The maximum Gasteiger partial charge on any atom is 0.250 e. The van der Waals surface area contributed by atoms with E-state index in [9.17, 15) is 8.42 Å². The van der Waals surface area contributed by atoms with Crippen LogP contribution in [0, 0.1) is 5.92 Å². The third-order valence-corrected chi connectivity index (χ3v) is 4.89. The van der Waals surface area contributed by atoms with Crippen molar-refractivity contribution in [2.45, 2.75) is 30.5 Å². The quantitative estimate of drug-likeness (QED) is 0.814. The molecule has 0 saturated heterocycles. The van der Waals surface area contributed by atoms with E-state index in [1.807, 2.05) is 0 Å². The summed E-state index contributed by atoms with van der Waals surface area (Å²) in [5, 5.41) is 1.74. The molecule has 1 rings (SSSR count). The van der Waals surface area contributed by atoms with E-state index in [1.54, 1.807) is 17.5 Å². The molecule has 1 atom stereocenters. The molecule has 0 saturated carbocycles. The molecule has 1 heterocycles. The first kappa shape index (κ1) is 13.6. The number of nitrogens with one attached hydrogen (secondary N) is 1. The van der Waals surface area contributed by atoms with Gasteiger partial charge in [0.05, 0.1) is 0 Å². The number of hydrogen-bond acceptors (Lipinski definition) is 4. The van der Waals surface area contributed by atoms with E-state index in [0.29, 0.717) is 16.7 Å². The average molecular weight is 262 g/mol.